The Morgan fingerprint density at radius 1 is 1.23 bits per heavy atom. The number of rotatable bonds is 5. The van der Waals surface area contributed by atoms with Gasteiger partial charge in [-0.15, -0.1) is 0 Å². The summed E-state index contributed by atoms with van der Waals surface area (Å²) in [6.45, 7) is 2.98. The molecule has 1 heterocycles. The van der Waals surface area contributed by atoms with Gasteiger partial charge in [0, 0.05) is 12.3 Å². The topological polar surface area (TPSA) is 62.6 Å². The summed E-state index contributed by atoms with van der Waals surface area (Å²) in [5.41, 5.74) is 1.25. The number of nitrogens with zero attached hydrogens (tertiary/aromatic N) is 1. The quantitative estimate of drug-likeness (QED) is 0.651. The molecule has 0 aliphatic heterocycles. The lowest BCUT2D eigenvalue weighted by atomic mass is 10.1. The molecule has 0 spiro atoms. The van der Waals surface area contributed by atoms with E-state index in [0.29, 0.717) is 17.2 Å². The molecular formula is C15H12ClF2NO3. The molecule has 116 valence electrons. The zero-order chi connectivity index (χ0) is 16.3. The van der Waals surface area contributed by atoms with E-state index in [9.17, 15) is 8.78 Å². The van der Waals surface area contributed by atoms with Gasteiger partial charge in [0.15, 0.2) is 6.29 Å². The molecule has 7 heteroatoms. The summed E-state index contributed by atoms with van der Waals surface area (Å²) in [5.74, 6) is -0.188. The van der Waals surface area contributed by atoms with Crippen LogP contribution in [-0.2, 0) is 0 Å². The van der Waals surface area contributed by atoms with Crippen LogP contribution in [0.4, 0.5) is 8.78 Å². The van der Waals surface area contributed by atoms with E-state index in [1.807, 2.05) is 0 Å². The highest BCUT2D eigenvalue weighted by atomic mass is 35.5. The van der Waals surface area contributed by atoms with Crippen molar-refractivity contribution < 1.29 is 23.7 Å². The van der Waals surface area contributed by atoms with E-state index in [4.69, 9.17) is 21.8 Å². The number of aliphatic hydroxyl groups is 2. The molecule has 0 aliphatic rings. The first-order valence-corrected chi connectivity index (χ1v) is 6.52. The van der Waals surface area contributed by atoms with E-state index in [1.165, 1.54) is 30.5 Å². The van der Waals surface area contributed by atoms with E-state index in [2.05, 4.69) is 16.3 Å². The summed E-state index contributed by atoms with van der Waals surface area (Å²) in [5, 5.41) is 18.2. The van der Waals surface area contributed by atoms with Crippen LogP contribution >= 0.6 is 11.6 Å². The van der Waals surface area contributed by atoms with Gasteiger partial charge >= 0.3 is 6.11 Å². The van der Waals surface area contributed by atoms with Gasteiger partial charge in [0.05, 0.1) is 10.7 Å². The van der Waals surface area contributed by atoms with Crippen molar-refractivity contribution >= 4 is 11.6 Å². The third-order valence-electron chi connectivity index (χ3n) is 2.79. The predicted molar refractivity (Wildman–Crippen MR) is 77.6 cm³/mol. The molecule has 22 heavy (non-hydrogen) atoms. The van der Waals surface area contributed by atoms with E-state index in [1.54, 1.807) is 6.07 Å². The highest BCUT2D eigenvalue weighted by Crippen LogP contribution is 2.33. The molecule has 0 saturated heterocycles. The summed E-state index contributed by atoms with van der Waals surface area (Å²) >= 11 is 5.94. The van der Waals surface area contributed by atoms with Crippen LogP contribution in [0.3, 0.4) is 0 Å². The number of benzene rings is 1. The minimum Gasteiger partial charge on any atom is -0.428 e. The number of alkyl halides is 2. The van der Waals surface area contributed by atoms with Gasteiger partial charge in [-0.2, -0.15) is 8.78 Å². The van der Waals surface area contributed by atoms with E-state index in [0.717, 1.165) is 0 Å². The van der Waals surface area contributed by atoms with E-state index < -0.39 is 12.4 Å². The normalized spacial score (nSPS) is 11.5. The Bertz CT molecular complexity index is 692. The third-order valence-corrected chi connectivity index (χ3v) is 3.09. The van der Waals surface area contributed by atoms with Gasteiger partial charge < -0.3 is 14.9 Å². The second kappa shape index (κ2) is 6.39. The van der Waals surface area contributed by atoms with Crippen molar-refractivity contribution in [3.8, 4) is 16.9 Å². The maximum Gasteiger partial charge on any atom is 0.419 e. The zero-order valence-corrected chi connectivity index (χ0v) is 12.0. The summed E-state index contributed by atoms with van der Waals surface area (Å²) in [7, 11) is 0. The second-order valence-corrected chi connectivity index (χ2v) is 4.76. The summed E-state index contributed by atoms with van der Waals surface area (Å²) < 4.78 is 30.7. The Morgan fingerprint density at radius 2 is 1.91 bits per heavy atom. The zero-order valence-electron chi connectivity index (χ0n) is 11.2. The van der Waals surface area contributed by atoms with Crippen LogP contribution < -0.4 is 4.74 Å². The van der Waals surface area contributed by atoms with Crippen LogP contribution in [-0.4, -0.2) is 21.3 Å². The molecule has 0 amide bonds. The van der Waals surface area contributed by atoms with E-state index in [-0.39, 0.29) is 16.5 Å². The number of halogens is 3. The summed E-state index contributed by atoms with van der Waals surface area (Å²) in [6.07, 6.45) is -3.46. The molecule has 0 bridgehead atoms. The van der Waals surface area contributed by atoms with Crippen molar-refractivity contribution in [1.29, 1.82) is 0 Å². The first kappa shape index (κ1) is 16.4. The summed E-state index contributed by atoms with van der Waals surface area (Å²) in [6, 6.07) is 7.32. The van der Waals surface area contributed by atoms with Crippen molar-refractivity contribution in [3.05, 3.63) is 59.9 Å². The van der Waals surface area contributed by atoms with Gasteiger partial charge in [-0.3, -0.25) is 4.98 Å². The highest BCUT2D eigenvalue weighted by Gasteiger charge is 2.27. The molecule has 4 nitrogen and oxygen atoms in total. The SMILES string of the molecule is C=CC(F)(F)Oc1ccc(-c2ccnc(C(O)O)c2)cc1Cl. The Morgan fingerprint density at radius 3 is 2.50 bits per heavy atom. The van der Waals surface area contributed by atoms with Gasteiger partial charge in [0.1, 0.15) is 5.75 Å². The first-order valence-electron chi connectivity index (χ1n) is 6.15. The lowest BCUT2D eigenvalue weighted by Gasteiger charge is -2.15. The first-order chi connectivity index (χ1) is 10.3. The van der Waals surface area contributed by atoms with Crippen molar-refractivity contribution in [2.24, 2.45) is 0 Å². The molecule has 1 aromatic carbocycles. The van der Waals surface area contributed by atoms with Crippen LogP contribution in [0.2, 0.25) is 5.02 Å². The van der Waals surface area contributed by atoms with Gasteiger partial charge in [0.2, 0.25) is 0 Å². The van der Waals surface area contributed by atoms with Crippen LogP contribution in [0.15, 0.2) is 49.2 Å². The largest absolute Gasteiger partial charge is 0.428 e. The minimum atomic E-state index is -3.52. The Kier molecular flexibility index (Phi) is 4.75. The number of hydrogen-bond acceptors (Lipinski definition) is 4. The second-order valence-electron chi connectivity index (χ2n) is 4.36. The van der Waals surface area contributed by atoms with E-state index >= 15 is 0 Å². The van der Waals surface area contributed by atoms with Gasteiger partial charge in [-0.25, -0.2) is 0 Å². The molecule has 0 aliphatic carbocycles. The Hall–Kier alpha value is -2.02. The number of ether oxygens (including phenoxy) is 1. The minimum absolute atomic E-state index is 0.0121. The van der Waals surface area contributed by atoms with Crippen LogP contribution in [0, 0.1) is 0 Å². The molecule has 0 fully saturated rings. The number of aliphatic hydroxyl groups excluding tert-OH is 1. The molecule has 2 N–H and O–H groups in total. The van der Waals surface area contributed by atoms with Crippen molar-refractivity contribution in [2.45, 2.75) is 12.4 Å². The number of hydrogen-bond donors (Lipinski definition) is 2. The highest BCUT2D eigenvalue weighted by molar-refractivity contribution is 6.32. The fourth-order valence-electron chi connectivity index (χ4n) is 1.72. The van der Waals surface area contributed by atoms with Gasteiger partial charge in [-0.1, -0.05) is 24.2 Å². The average molecular weight is 328 g/mol. The number of pyridine rings is 1. The van der Waals surface area contributed by atoms with Gasteiger partial charge in [-0.05, 0) is 35.4 Å². The fraction of sp³-hybridized carbons (Fsp3) is 0.133. The lowest BCUT2D eigenvalue weighted by Crippen LogP contribution is -2.20. The third kappa shape index (κ3) is 3.79. The maximum atomic E-state index is 13.1. The smallest absolute Gasteiger partial charge is 0.419 e. The molecule has 0 unspecified atom stereocenters. The lowest BCUT2D eigenvalue weighted by molar-refractivity contribution is -0.131. The Labute approximate surface area is 130 Å². The Balaban J connectivity index is 2.33. The molecule has 2 rings (SSSR count). The maximum absolute atomic E-state index is 13.1. The number of aromatic nitrogens is 1. The standard InChI is InChI=1S/C15H12ClF2NO3/c1-2-15(17,18)22-13-4-3-9(7-11(13)16)10-5-6-19-12(8-10)14(20)21/h2-8,14,20-21H,1H2. The van der Waals surface area contributed by atoms with Crippen molar-refractivity contribution in [3.63, 3.8) is 0 Å². The summed E-state index contributed by atoms with van der Waals surface area (Å²) in [4.78, 5) is 3.80. The molecule has 1 aromatic heterocycles. The van der Waals surface area contributed by atoms with Crippen LogP contribution in [0.25, 0.3) is 11.1 Å². The van der Waals surface area contributed by atoms with Crippen LogP contribution in [0.1, 0.15) is 12.0 Å². The van der Waals surface area contributed by atoms with Crippen molar-refractivity contribution in [2.75, 3.05) is 0 Å². The molecule has 0 atom stereocenters. The van der Waals surface area contributed by atoms with Gasteiger partial charge in [0.25, 0.3) is 0 Å². The van der Waals surface area contributed by atoms with Crippen LogP contribution in [0.5, 0.6) is 5.75 Å². The molecular weight excluding hydrogens is 316 g/mol. The van der Waals surface area contributed by atoms with Crippen molar-refractivity contribution in [1.82, 2.24) is 4.98 Å². The fourth-order valence-corrected chi connectivity index (χ4v) is 1.94. The molecule has 0 saturated carbocycles. The monoisotopic (exact) mass is 327 g/mol. The predicted octanol–water partition coefficient (Wildman–Crippen LogP) is 3.54. The molecule has 0 radical (unpaired) electrons. The average Bonchev–Trinajstić information content (AvgIpc) is 2.49. The molecule has 2 aromatic rings.